The van der Waals surface area contributed by atoms with E-state index in [0.717, 1.165) is 26.1 Å². The van der Waals surface area contributed by atoms with Gasteiger partial charge in [0, 0.05) is 45.9 Å². The Morgan fingerprint density at radius 3 is 2.75 bits per heavy atom. The lowest BCUT2D eigenvalue weighted by Gasteiger charge is -2.43. The fraction of sp³-hybridized carbons (Fsp3) is 0.923. The molecule has 2 unspecified atom stereocenters. The van der Waals surface area contributed by atoms with E-state index < -0.39 is 12.8 Å². The summed E-state index contributed by atoms with van der Waals surface area (Å²) in [5.74, 6) is 0. The van der Waals surface area contributed by atoms with Gasteiger partial charge in [-0.3, -0.25) is 4.90 Å². The molecule has 2 aliphatic rings. The number of piperazine rings is 1. The van der Waals surface area contributed by atoms with Gasteiger partial charge in [0.2, 0.25) is 0 Å². The Labute approximate surface area is 118 Å². The molecule has 0 radical (unpaired) electrons. The van der Waals surface area contributed by atoms with E-state index in [2.05, 4.69) is 4.90 Å². The zero-order chi connectivity index (χ0) is 14.4. The van der Waals surface area contributed by atoms with E-state index >= 15 is 0 Å². The highest BCUT2D eigenvalue weighted by Crippen LogP contribution is 2.19. The van der Waals surface area contributed by atoms with Crippen molar-refractivity contribution in [3.05, 3.63) is 0 Å². The number of rotatable bonds is 4. The summed E-state index contributed by atoms with van der Waals surface area (Å²) in [5.41, 5.74) is 0. The maximum atomic E-state index is 12.0. The highest BCUT2D eigenvalue weighted by atomic mass is 19.1. The number of hydrogen-bond donors (Lipinski definition) is 0. The van der Waals surface area contributed by atoms with Crippen LogP contribution in [0.1, 0.15) is 6.42 Å². The first-order valence-electron chi connectivity index (χ1n) is 7.08. The summed E-state index contributed by atoms with van der Waals surface area (Å²) < 4.78 is 27.7. The molecule has 0 N–H and O–H groups in total. The van der Waals surface area contributed by atoms with Crippen LogP contribution in [0.15, 0.2) is 0 Å². The zero-order valence-corrected chi connectivity index (χ0v) is 11.9. The van der Waals surface area contributed by atoms with Crippen LogP contribution in [0, 0.1) is 0 Å². The molecule has 2 saturated heterocycles. The molecule has 0 aliphatic carbocycles. The first kappa shape index (κ1) is 15.5. The standard InChI is InChI=1S/C13H23FN2O4/c1-18-12-10-19-8-2-11(12)15-4-6-16(7-5-15)13(17)20-9-3-14/h11-12H,2-10H2,1H3. The number of nitrogens with zero attached hydrogens (tertiary/aromatic N) is 2. The number of ether oxygens (including phenoxy) is 3. The van der Waals surface area contributed by atoms with Crippen molar-refractivity contribution in [1.82, 2.24) is 9.80 Å². The van der Waals surface area contributed by atoms with Gasteiger partial charge in [-0.1, -0.05) is 0 Å². The lowest BCUT2D eigenvalue weighted by atomic mass is 10.0. The van der Waals surface area contributed by atoms with Gasteiger partial charge in [-0.25, -0.2) is 9.18 Å². The van der Waals surface area contributed by atoms with Gasteiger partial charge in [-0.15, -0.1) is 0 Å². The van der Waals surface area contributed by atoms with Crippen LogP contribution in [-0.2, 0) is 14.2 Å². The summed E-state index contributed by atoms with van der Waals surface area (Å²) in [6.07, 6.45) is 0.622. The van der Waals surface area contributed by atoms with E-state index in [4.69, 9.17) is 14.2 Å². The summed E-state index contributed by atoms with van der Waals surface area (Å²) in [5, 5.41) is 0. The van der Waals surface area contributed by atoms with E-state index in [1.807, 2.05) is 0 Å². The molecule has 2 rings (SSSR count). The van der Waals surface area contributed by atoms with Crippen LogP contribution in [0.25, 0.3) is 0 Å². The molecule has 0 aromatic carbocycles. The van der Waals surface area contributed by atoms with E-state index in [1.165, 1.54) is 0 Å². The third kappa shape index (κ3) is 3.80. The van der Waals surface area contributed by atoms with Crippen molar-refractivity contribution in [3.8, 4) is 0 Å². The molecule has 0 spiro atoms. The van der Waals surface area contributed by atoms with Crippen molar-refractivity contribution in [3.63, 3.8) is 0 Å². The van der Waals surface area contributed by atoms with Crippen LogP contribution >= 0.6 is 0 Å². The van der Waals surface area contributed by atoms with Crippen molar-refractivity contribution in [2.24, 2.45) is 0 Å². The van der Waals surface area contributed by atoms with Gasteiger partial charge in [0.05, 0.1) is 12.7 Å². The Morgan fingerprint density at radius 1 is 1.35 bits per heavy atom. The smallest absolute Gasteiger partial charge is 0.409 e. The van der Waals surface area contributed by atoms with E-state index in [-0.39, 0.29) is 12.7 Å². The second-order valence-corrected chi connectivity index (χ2v) is 5.03. The average molecular weight is 290 g/mol. The molecule has 2 fully saturated rings. The lowest BCUT2D eigenvalue weighted by Crippen LogP contribution is -2.57. The maximum Gasteiger partial charge on any atom is 0.409 e. The summed E-state index contributed by atoms with van der Waals surface area (Å²) in [7, 11) is 1.71. The molecular weight excluding hydrogens is 267 g/mol. The molecular formula is C13H23FN2O4. The predicted molar refractivity (Wildman–Crippen MR) is 70.5 cm³/mol. The second-order valence-electron chi connectivity index (χ2n) is 5.03. The van der Waals surface area contributed by atoms with Crippen LogP contribution in [0.4, 0.5) is 9.18 Å². The minimum absolute atomic E-state index is 0.0915. The molecule has 2 atom stereocenters. The monoisotopic (exact) mass is 290 g/mol. The fourth-order valence-corrected chi connectivity index (χ4v) is 2.80. The highest BCUT2D eigenvalue weighted by Gasteiger charge is 2.33. The van der Waals surface area contributed by atoms with E-state index in [1.54, 1.807) is 12.0 Å². The largest absolute Gasteiger partial charge is 0.447 e. The van der Waals surface area contributed by atoms with Crippen molar-refractivity contribution in [2.75, 3.05) is 59.8 Å². The molecule has 2 heterocycles. The van der Waals surface area contributed by atoms with Crippen LogP contribution in [0.3, 0.4) is 0 Å². The molecule has 116 valence electrons. The molecule has 20 heavy (non-hydrogen) atoms. The number of carbonyl (C=O) groups excluding carboxylic acids is 1. The van der Waals surface area contributed by atoms with Crippen molar-refractivity contribution in [1.29, 1.82) is 0 Å². The van der Waals surface area contributed by atoms with E-state index in [0.29, 0.717) is 25.7 Å². The quantitative estimate of drug-likeness (QED) is 0.755. The number of halogens is 1. The van der Waals surface area contributed by atoms with Gasteiger partial charge in [-0.2, -0.15) is 0 Å². The van der Waals surface area contributed by atoms with Crippen LogP contribution < -0.4 is 0 Å². The summed E-state index contributed by atoms with van der Waals surface area (Å²) in [6, 6.07) is 0.345. The number of methoxy groups -OCH3 is 1. The van der Waals surface area contributed by atoms with Crippen molar-refractivity contribution < 1.29 is 23.4 Å². The van der Waals surface area contributed by atoms with Gasteiger partial charge >= 0.3 is 6.09 Å². The zero-order valence-electron chi connectivity index (χ0n) is 11.9. The van der Waals surface area contributed by atoms with Gasteiger partial charge in [0.25, 0.3) is 0 Å². The van der Waals surface area contributed by atoms with E-state index in [9.17, 15) is 9.18 Å². The summed E-state index contributed by atoms with van der Waals surface area (Å²) >= 11 is 0. The van der Waals surface area contributed by atoms with Crippen molar-refractivity contribution in [2.45, 2.75) is 18.6 Å². The number of alkyl halides is 1. The SMILES string of the molecule is COC1COCCC1N1CCN(C(=O)OCCF)CC1. The van der Waals surface area contributed by atoms with Gasteiger partial charge in [0.1, 0.15) is 13.3 Å². The average Bonchev–Trinajstić information content (AvgIpc) is 2.52. The third-order valence-electron chi connectivity index (χ3n) is 3.92. The minimum atomic E-state index is -0.636. The Kier molecular flexibility index (Phi) is 6.00. The normalized spacial score (nSPS) is 28.4. The lowest BCUT2D eigenvalue weighted by molar-refractivity contribution is -0.0893. The Hall–Kier alpha value is -0.920. The topological polar surface area (TPSA) is 51.2 Å². The number of hydrogen-bond acceptors (Lipinski definition) is 5. The second kappa shape index (κ2) is 7.75. The van der Waals surface area contributed by atoms with Gasteiger partial charge in [-0.05, 0) is 6.42 Å². The molecule has 6 nitrogen and oxygen atoms in total. The molecule has 2 aliphatic heterocycles. The van der Waals surface area contributed by atoms with Crippen LogP contribution in [0.5, 0.6) is 0 Å². The number of carbonyl (C=O) groups is 1. The molecule has 0 saturated carbocycles. The van der Waals surface area contributed by atoms with Gasteiger partial charge < -0.3 is 19.1 Å². The predicted octanol–water partition coefficient (Wildman–Crippen LogP) is 0.514. The maximum absolute atomic E-state index is 12.0. The Balaban J connectivity index is 1.79. The Bertz CT molecular complexity index is 311. The summed E-state index contributed by atoms with van der Waals surface area (Å²) in [6.45, 7) is 3.37. The summed E-state index contributed by atoms with van der Waals surface area (Å²) in [4.78, 5) is 15.6. The first-order valence-corrected chi connectivity index (χ1v) is 7.08. The van der Waals surface area contributed by atoms with Crippen LogP contribution in [0.2, 0.25) is 0 Å². The Morgan fingerprint density at radius 2 is 2.10 bits per heavy atom. The number of amides is 1. The van der Waals surface area contributed by atoms with Crippen molar-refractivity contribution >= 4 is 6.09 Å². The fourth-order valence-electron chi connectivity index (χ4n) is 2.80. The molecule has 1 amide bonds. The minimum Gasteiger partial charge on any atom is -0.447 e. The third-order valence-corrected chi connectivity index (χ3v) is 3.92. The molecule has 0 aromatic heterocycles. The highest BCUT2D eigenvalue weighted by molar-refractivity contribution is 5.67. The van der Waals surface area contributed by atoms with Gasteiger partial charge in [0.15, 0.2) is 0 Å². The molecule has 7 heteroatoms. The molecule has 0 aromatic rings. The molecule has 0 bridgehead atoms. The first-order chi connectivity index (χ1) is 9.76. The van der Waals surface area contributed by atoms with Crippen LogP contribution in [-0.4, -0.2) is 87.8 Å².